The second-order valence-corrected chi connectivity index (χ2v) is 4.10. The van der Waals surface area contributed by atoms with Crippen LogP contribution in [0.2, 0.25) is 0 Å². The summed E-state index contributed by atoms with van der Waals surface area (Å²) in [5.41, 5.74) is 5.70. The van der Waals surface area contributed by atoms with Crippen LogP contribution in [-0.2, 0) is 0 Å². The van der Waals surface area contributed by atoms with Crippen molar-refractivity contribution in [2.24, 2.45) is 0 Å². The van der Waals surface area contributed by atoms with Crippen LogP contribution in [-0.4, -0.2) is 0 Å². The van der Waals surface area contributed by atoms with Crippen LogP contribution in [0.4, 0.5) is 0 Å². The van der Waals surface area contributed by atoms with E-state index in [-0.39, 0.29) is 0 Å². The van der Waals surface area contributed by atoms with Crippen molar-refractivity contribution < 1.29 is 0 Å². The number of rotatable bonds is 1. The molecule has 0 spiro atoms. The molecule has 2 heteroatoms. The van der Waals surface area contributed by atoms with E-state index in [0.717, 1.165) is 16.7 Å². The van der Waals surface area contributed by atoms with Gasteiger partial charge in [-0.15, -0.1) is 11.6 Å². The Hall–Kier alpha value is -1.00. The lowest BCUT2D eigenvalue weighted by Gasteiger charge is -2.15. The molecule has 0 aliphatic heterocycles. The first kappa shape index (κ1) is 11.1. The second-order valence-electron chi connectivity index (χ2n) is 3.67. The average molecular weight is 208 g/mol. The highest BCUT2D eigenvalue weighted by Crippen LogP contribution is 2.30. The Kier molecular flexibility index (Phi) is 3.18. The van der Waals surface area contributed by atoms with Gasteiger partial charge in [-0.3, -0.25) is 0 Å². The molecule has 0 aromatic heterocycles. The van der Waals surface area contributed by atoms with E-state index in [4.69, 9.17) is 16.9 Å². The van der Waals surface area contributed by atoms with Crippen molar-refractivity contribution in [1.82, 2.24) is 0 Å². The van der Waals surface area contributed by atoms with Crippen LogP contribution in [0.3, 0.4) is 0 Å². The molecule has 0 amide bonds. The smallest absolute Gasteiger partial charge is 0.146 e. The first-order chi connectivity index (χ1) is 6.49. The summed E-state index contributed by atoms with van der Waals surface area (Å²) in [6.45, 7) is 8.17. The van der Waals surface area contributed by atoms with Gasteiger partial charge in [0.2, 0.25) is 0 Å². The van der Waals surface area contributed by atoms with E-state index in [1.807, 2.05) is 13.8 Å². The quantitative estimate of drug-likeness (QED) is 0.644. The predicted octanol–water partition coefficient (Wildman–Crippen LogP) is 3.72. The summed E-state index contributed by atoms with van der Waals surface area (Å²) in [7, 11) is 0. The SMILES string of the molecule is Cc1cc(C)c(C(Cl)C#N)c(C)c1C. The van der Waals surface area contributed by atoms with E-state index in [1.165, 1.54) is 11.1 Å². The lowest BCUT2D eigenvalue weighted by Crippen LogP contribution is -2.00. The van der Waals surface area contributed by atoms with Crippen LogP contribution >= 0.6 is 11.6 Å². The third-order valence-corrected chi connectivity index (χ3v) is 3.10. The number of nitrogens with zero attached hydrogens (tertiary/aromatic N) is 1. The Bertz CT molecular complexity index is 402. The molecule has 74 valence electrons. The molecule has 1 aromatic rings. The van der Waals surface area contributed by atoms with E-state index in [0.29, 0.717) is 0 Å². The summed E-state index contributed by atoms with van der Waals surface area (Å²) in [5, 5.41) is 8.28. The van der Waals surface area contributed by atoms with E-state index < -0.39 is 5.38 Å². The van der Waals surface area contributed by atoms with Crippen molar-refractivity contribution in [2.75, 3.05) is 0 Å². The summed E-state index contributed by atoms with van der Waals surface area (Å²) >= 11 is 5.96. The largest absolute Gasteiger partial charge is 0.196 e. The summed E-state index contributed by atoms with van der Waals surface area (Å²) in [5.74, 6) is 0. The third kappa shape index (κ3) is 1.76. The lowest BCUT2D eigenvalue weighted by molar-refractivity contribution is 1.10. The highest BCUT2D eigenvalue weighted by molar-refractivity contribution is 6.22. The number of halogens is 1. The molecule has 0 radical (unpaired) electrons. The van der Waals surface area contributed by atoms with Gasteiger partial charge in [0, 0.05) is 0 Å². The Morgan fingerprint density at radius 2 is 1.71 bits per heavy atom. The zero-order valence-corrected chi connectivity index (χ0v) is 9.74. The highest BCUT2D eigenvalue weighted by atomic mass is 35.5. The van der Waals surface area contributed by atoms with Crippen molar-refractivity contribution >= 4 is 11.6 Å². The van der Waals surface area contributed by atoms with Gasteiger partial charge in [0.1, 0.15) is 5.38 Å². The molecule has 1 aromatic carbocycles. The van der Waals surface area contributed by atoms with E-state index in [9.17, 15) is 0 Å². The summed E-state index contributed by atoms with van der Waals surface area (Å²) in [6.07, 6.45) is 0. The van der Waals surface area contributed by atoms with Gasteiger partial charge in [-0.2, -0.15) is 5.26 Å². The lowest BCUT2D eigenvalue weighted by atomic mass is 9.93. The Labute approximate surface area is 90.3 Å². The number of hydrogen-bond acceptors (Lipinski definition) is 1. The Balaban J connectivity index is 3.45. The van der Waals surface area contributed by atoms with Gasteiger partial charge >= 0.3 is 0 Å². The molecule has 1 nitrogen and oxygen atoms in total. The molecule has 0 aliphatic rings. The normalized spacial score (nSPS) is 12.3. The molecule has 1 atom stereocenters. The number of nitriles is 1. The van der Waals surface area contributed by atoms with E-state index in [1.54, 1.807) is 0 Å². The number of hydrogen-bond donors (Lipinski definition) is 0. The summed E-state index contributed by atoms with van der Waals surface area (Å²) < 4.78 is 0. The number of benzene rings is 1. The molecule has 1 rings (SSSR count). The van der Waals surface area contributed by atoms with Crippen molar-refractivity contribution in [3.05, 3.63) is 33.9 Å². The fourth-order valence-corrected chi connectivity index (χ4v) is 2.09. The van der Waals surface area contributed by atoms with Gasteiger partial charge < -0.3 is 0 Å². The molecular formula is C12H14ClN. The maximum absolute atomic E-state index is 8.82. The van der Waals surface area contributed by atoms with Crippen molar-refractivity contribution in [2.45, 2.75) is 33.1 Å². The van der Waals surface area contributed by atoms with E-state index in [2.05, 4.69) is 26.0 Å². The minimum absolute atomic E-state index is 0.533. The molecule has 14 heavy (non-hydrogen) atoms. The summed E-state index contributed by atoms with van der Waals surface area (Å²) in [4.78, 5) is 0. The van der Waals surface area contributed by atoms with Crippen LogP contribution in [0.25, 0.3) is 0 Å². The topological polar surface area (TPSA) is 23.8 Å². The van der Waals surface area contributed by atoms with Crippen molar-refractivity contribution in [1.29, 1.82) is 5.26 Å². The number of aryl methyl sites for hydroxylation is 2. The van der Waals surface area contributed by atoms with E-state index >= 15 is 0 Å². The number of alkyl halides is 1. The molecule has 0 N–H and O–H groups in total. The van der Waals surface area contributed by atoms with Gasteiger partial charge in [0.05, 0.1) is 6.07 Å². The van der Waals surface area contributed by atoms with Crippen LogP contribution in [0.5, 0.6) is 0 Å². The van der Waals surface area contributed by atoms with Crippen molar-refractivity contribution in [3.63, 3.8) is 0 Å². The zero-order chi connectivity index (χ0) is 10.9. The van der Waals surface area contributed by atoms with Gasteiger partial charge in [-0.05, 0) is 55.5 Å². The first-order valence-electron chi connectivity index (χ1n) is 4.60. The fraction of sp³-hybridized carbons (Fsp3) is 0.417. The minimum atomic E-state index is -0.533. The molecule has 0 saturated heterocycles. The maximum atomic E-state index is 8.82. The van der Waals surface area contributed by atoms with Crippen molar-refractivity contribution in [3.8, 4) is 6.07 Å². The van der Waals surface area contributed by atoms with Gasteiger partial charge in [0.15, 0.2) is 0 Å². The molecule has 0 fully saturated rings. The van der Waals surface area contributed by atoms with Crippen LogP contribution < -0.4 is 0 Å². The molecule has 0 aliphatic carbocycles. The molecule has 1 unspecified atom stereocenters. The fourth-order valence-electron chi connectivity index (χ4n) is 1.76. The molecule has 0 saturated carbocycles. The highest BCUT2D eigenvalue weighted by Gasteiger charge is 2.15. The average Bonchev–Trinajstić information content (AvgIpc) is 2.14. The van der Waals surface area contributed by atoms with Gasteiger partial charge in [-0.1, -0.05) is 6.07 Å². The Morgan fingerprint density at radius 1 is 1.14 bits per heavy atom. The third-order valence-electron chi connectivity index (χ3n) is 2.78. The second kappa shape index (κ2) is 4.02. The predicted molar refractivity (Wildman–Crippen MR) is 59.6 cm³/mol. The minimum Gasteiger partial charge on any atom is -0.196 e. The molecular weight excluding hydrogens is 194 g/mol. The maximum Gasteiger partial charge on any atom is 0.146 e. The first-order valence-corrected chi connectivity index (χ1v) is 5.03. The zero-order valence-electron chi connectivity index (χ0n) is 8.98. The Morgan fingerprint density at radius 3 is 2.21 bits per heavy atom. The standard InChI is InChI=1S/C12H14ClN/c1-7-5-8(2)12(11(13)6-14)10(4)9(7)3/h5,11H,1-4H3. The van der Waals surface area contributed by atoms with Gasteiger partial charge in [-0.25, -0.2) is 0 Å². The van der Waals surface area contributed by atoms with Crippen LogP contribution in [0, 0.1) is 39.0 Å². The molecule has 0 heterocycles. The molecule has 0 bridgehead atoms. The van der Waals surface area contributed by atoms with Crippen LogP contribution in [0.1, 0.15) is 33.2 Å². The summed E-state index contributed by atoms with van der Waals surface area (Å²) in [6, 6.07) is 4.16. The monoisotopic (exact) mass is 207 g/mol. The van der Waals surface area contributed by atoms with Crippen LogP contribution in [0.15, 0.2) is 6.07 Å². The van der Waals surface area contributed by atoms with Gasteiger partial charge in [0.25, 0.3) is 0 Å².